The normalized spacial score (nSPS) is 12.3. The zero-order valence-electron chi connectivity index (χ0n) is 18.8. The molecule has 0 aromatic heterocycles. The second-order valence-corrected chi connectivity index (χ2v) is 7.94. The van der Waals surface area contributed by atoms with Gasteiger partial charge in [-0.2, -0.15) is 0 Å². The maximum absolute atomic E-state index is 12.5. The average molecular weight is 466 g/mol. The number of benzene rings is 3. The summed E-state index contributed by atoms with van der Waals surface area (Å²) in [5.74, 6) is 0.316. The Morgan fingerprint density at radius 2 is 1.61 bits per heavy atom. The van der Waals surface area contributed by atoms with Crippen LogP contribution in [0.2, 0.25) is 0 Å². The highest BCUT2D eigenvalue weighted by atomic mass is 32.1. The summed E-state index contributed by atoms with van der Waals surface area (Å²) < 4.78 is 11.5. The van der Waals surface area contributed by atoms with Gasteiger partial charge in [0.25, 0.3) is 11.8 Å². The van der Waals surface area contributed by atoms with E-state index < -0.39 is 17.9 Å². The van der Waals surface area contributed by atoms with Gasteiger partial charge in [-0.15, -0.1) is 0 Å². The van der Waals surface area contributed by atoms with Crippen molar-refractivity contribution in [2.24, 2.45) is 0 Å². The van der Waals surface area contributed by atoms with Gasteiger partial charge in [-0.1, -0.05) is 43.3 Å². The van der Waals surface area contributed by atoms with Crippen LogP contribution in [-0.2, 0) is 4.79 Å². The number of amides is 2. The number of hydrogen-bond acceptors (Lipinski definition) is 5. The van der Waals surface area contributed by atoms with Crippen LogP contribution in [0.5, 0.6) is 11.5 Å². The molecule has 2 unspecified atom stereocenters. The van der Waals surface area contributed by atoms with Crippen molar-refractivity contribution >= 4 is 39.9 Å². The van der Waals surface area contributed by atoms with E-state index in [-0.39, 0.29) is 11.2 Å². The molecule has 0 saturated carbocycles. The van der Waals surface area contributed by atoms with Crippen molar-refractivity contribution in [3.63, 3.8) is 0 Å². The van der Waals surface area contributed by atoms with E-state index in [1.807, 2.05) is 56.3 Å². The molecule has 3 N–H and O–H groups in total. The number of hydrazine groups is 1. The quantitative estimate of drug-likeness (QED) is 0.359. The summed E-state index contributed by atoms with van der Waals surface area (Å²) in [5.41, 5.74) is 5.36. The van der Waals surface area contributed by atoms with E-state index >= 15 is 0 Å². The molecule has 0 spiro atoms. The Morgan fingerprint density at radius 1 is 0.879 bits per heavy atom. The van der Waals surface area contributed by atoms with Crippen LogP contribution in [0.3, 0.4) is 0 Å². The van der Waals surface area contributed by atoms with Gasteiger partial charge < -0.3 is 9.47 Å². The van der Waals surface area contributed by atoms with Crippen molar-refractivity contribution in [2.75, 3.05) is 0 Å². The van der Waals surface area contributed by atoms with E-state index in [0.29, 0.717) is 17.1 Å². The van der Waals surface area contributed by atoms with Gasteiger partial charge in [-0.25, -0.2) is 0 Å². The van der Waals surface area contributed by atoms with Gasteiger partial charge in [0.1, 0.15) is 11.5 Å². The monoisotopic (exact) mass is 465 g/mol. The molecule has 0 heterocycles. The summed E-state index contributed by atoms with van der Waals surface area (Å²) in [5, 5.41) is 4.58. The van der Waals surface area contributed by atoms with Crippen LogP contribution in [0.15, 0.2) is 66.7 Å². The highest BCUT2D eigenvalue weighted by Crippen LogP contribution is 2.21. The predicted molar refractivity (Wildman–Crippen MR) is 132 cm³/mol. The first-order valence-electron chi connectivity index (χ1n) is 10.7. The summed E-state index contributed by atoms with van der Waals surface area (Å²) in [6, 6.07) is 20.3. The van der Waals surface area contributed by atoms with Crippen molar-refractivity contribution < 1.29 is 19.1 Å². The summed E-state index contributed by atoms with van der Waals surface area (Å²) in [4.78, 5) is 24.8. The molecule has 0 aliphatic rings. The Kier molecular flexibility index (Phi) is 8.21. The van der Waals surface area contributed by atoms with Crippen LogP contribution in [0.1, 0.15) is 37.6 Å². The van der Waals surface area contributed by atoms with Gasteiger partial charge in [0.15, 0.2) is 11.2 Å². The van der Waals surface area contributed by atoms with E-state index in [2.05, 4.69) is 16.2 Å². The lowest BCUT2D eigenvalue weighted by molar-refractivity contribution is -0.127. The number of rotatable bonds is 7. The Labute approximate surface area is 198 Å². The number of ether oxygens (including phenoxy) is 2. The van der Waals surface area contributed by atoms with Gasteiger partial charge in [0, 0.05) is 5.56 Å². The zero-order valence-corrected chi connectivity index (χ0v) is 19.6. The van der Waals surface area contributed by atoms with E-state index in [9.17, 15) is 9.59 Å². The molecule has 0 radical (unpaired) electrons. The maximum Gasteiger partial charge on any atom is 0.279 e. The molecule has 0 fully saturated rings. The number of carbonyl (C=O) groups is 2. The van der Waals surface area contributed by atoms with Gasteiger partial charge in [-0.05, 0) is 73.6 Å². The van der Waals surface area contributed by atoms with Gasteiger partial charge in [0.05, 0.1) is 6.10 Å². The van der Waals surface area contributed by atoms with Crippen LogP contribution in [0, 0.1) is 0 Å². The molecule has 8 heteroatoms. The molecule has 0 aliphatic carbocycles. The van der Waals surface area contributed by atoms with E-state index in [1.54, 1.807) is 31.2 Å². The molecule has 0 aliphatic heterocycles. The largest absolute Gasteiger partial charge is 0.491 e. The molecular weight excluding hydrogens is 438 g/mol. The summed E-state index contributed by atoms with van der Waals surface area (Å²) in [6.07, 6.45) is 0.110. The fraction of sp³-hybridized carbons (Fsp3) is 0.240. The third-order valence-corrected chi connectivity index (χ3v) is 5.14. The zero-order chi connectivity index (χ0) is 23.8. The summed E-state index contributed by atoms with van der Waals surface area (Å²) in [6.45, 7) is 5.60. The molecule has 3 aromatic carbocycles. The molecule has 172 valence electrons. The van der Waals surface area contributed by atoms with Crippen molar-refractivity contribution in [2.45, 2.75) is 39.4 Å². The first-order valence-corrected chi connectivity index (χ1v) is 11.1. The van der Waals surface area contributed by atoms with Gasteiger partial charge >= 0.3 is 0 Å². The van der Waals surface area contributed by atoms with E-state index in [0.717, 1.165) is 17.2 Å². The Balaban J connectivity index is 1.48. The first-order chi connectivity index (χ1) is 15.9. The molecule has 0 bridgehead atoms. The van der Waals surface area contributed by atoms with E-state index in [4.69, 9.17) is 21.7 Å². The molecular formula is C25H27N3O4S. The third kappa shape index (κ3) is 6.92. The maximum atomic E-state index is 12.5. The van der Waals surface area contributed by atoms with Crippen molar-refractivity contribution in [3.8, 4) is 11.5 Å². The van der Waals surface area contributed by atoms with Crippen LogP contribution in [-0.4, -0.2) is 29.1 Å². The van der Waals surface area contributed by atoms with Crippen LogP contribution in [0.25, 0.3) is 10.8 Å². The number of thiocarbonyl (C=S) groups is 1. The predicted octanol–water partition coefficient (Wildman–Crippen LogP) is 4.12. The highest BCUT2D eigenvalue weighted by molar-refractivity contribution is 7.80. The topological polar surface area (TPSA) is 88.7 Å². The molecule has 33 heavy (non-hydrogen) atoms. The third-order valence-electron chi connectivity index (χ3n) is 4.94. The molecule has 2 amide bonds. The average Bonchev–Trinajstić information content (AvgIpc) is 2.82. The highest BCUT2D eigenvalue weighted by Gasteiger charge is 2.16. The minimum atomic E-state index is -0.786. The summed E-state index contributed by atoms with van der Waals surface area (Å²) >= 11 is 5.11. The van der Waals surface area contributed by atoms with Crippen molar-refractivity contribution in [1.29, 1.82) is 0 Å². The Hall–Kier alpha value is -3.65. The fourth-order valence-corrected chi connectivity index (χ4v) is 3.09. The smallest absolute Gasteiger partial charge is 0.279 e. The number of carbonyl (C=O) groups excluding carboxylic acids is 2. The number of hydrogen-bond donors (Lipinski definition) is 3. The lowest BCUT2D eigenvalue weighted by atomic mass is 10.1. The minimum Gasteiger partial charge on any atom is -0.491 e. The molecule has 0 saturated heterocycles. The van der Waals surface area contributed by atoms with Gasteiger partial charge in [-0.3, -0.25) is 25.8 Å². The first kappa shape index (κ1) is 24.0. The van der Waals surface area contributed by atoms with Crippen molar-refractivity contribution in [3.05, 3.63) is 72.3 Å². The molecule has 2 atom stereocenters. The minimum absolute atomic E-state index is 0.0417. The van der Waals surface area contributed by atoms with E-state index in [1.165, 1.54) is 0 Å². The second-order valence-electron chi connectivity index (χ2n) is 7.53. The van der Waals surface area contributed by atoms with Crippen LogP contribution < -0.4 is 25.6 Å². The Morgan fingerprint density at radius 3 is 2.36 bits per heavy atom. The SMILES string of the molecule is CCC(C)Oc1cccc(C(=O)NC(=S)NNC(=O)C(C)Oc2ccc3ccccc3c2)c1. The van der Waals surface area contributed by atoms with Crippen LogP contribution >= 0.6 is 12.2 Å². The van der Waals surface area contributed by atoms with Crippen molar-refractivity contribution in [1.82, 2.24) is 16.2 Å². The second kappa shape index (κ2) is 11.3. The molecule has 3 aromatic rings. The summed E-state index contributed by atoms with van der Waals surface area (Å²) in [7, 11) is 0. The van der Waals surface area contributed by atoms with Crippen LogP contribution in [0.4, 0.5) is 0 Å². The fourth-order valence-electron chi connectivity index (χ4n) is 2.95. The van der Waals surface area contributed by atoms with Gasteiger partial charge in [0.2, 0.25) is 0 Å². The number of fused-ring (bicyclic) bond motifs is 1. The lowest BCUT2D eigenvalue weighted by Crippen LogP contribution is -2.51. The lowest BCUT2D eigenvalue weighted by Gasteiger charge is -2.17. The Bertz CT molecular complexity index is 1150. The standard InChI is InChI=1S/C25H27N3O4S/c1-4-16(2)31-21-11-7-10-20(15-21)24(30)26-25(33)28-27-23(29)17(3)32-22-13-12-18-8-5-6-9-19(18)14-22/h5-17H,4H2,1-3H3,(H,27,29)(H2,26,28,30,33). The molecule has 7 nitrogen and oxygen atoms in total. The molecule has 3 rings (SSSR count). The number of nitrogens with one attached hydrogen (secondary N) is 3.